The van der Waals surface area contributed by atoms with E-state index in [0.29, 0.717) is 12.5 Å². The van der Waals surface area contributed by atoms with Gasteiger partial charge < -0.3 is 10.1 Å². The number of hydrogen-bond donors (Lipinski definition) is 3. The summed E-state index contributed by atoms with van der Waals surface area (Å²) in [6.45, 7) is 4.33. The van der Waals surface area contributed by atoms with Gasteiger partial charge in [0.1, 0.15) is 0 Å². The van der Waals surface area contributed by atoms with Crippen molar-refractivity contribution in [2.24, 2.45) is 12.9 Å². The standard InChI is InChI=1S/C11H18N8O/c1-7(2)20-11-16-9(15-10(17-11)18-12)13-4-8-5-14-19(3)6-8/h5-7H,4,12H2,1-3H3,(H2,13,15,16,17,18). The molecule has 0 saturated carbocycles. The molecule has 0 atom stereocenters. The molecule has 0 spiro atoms. The van der Waals surface area contributed by atoms with E-state index in [1.807, 2.05) is 27.1 Å². The minimum atomic E-state index is -0.0332. The number of hydrogen-bond acceptors (Lipinski definition) is 8. The van der Waals surface area contributed by atoms with Crippen molar-refractivity contribution >= 4 is 11.9 Å². The van der Waals surface area contributed by atoms with Gasteiger partial charge in [-0.05, 0) is 13.8 Å². The summed E-state index contributed by atoms with van der Waals surface area (Å²) in [7, 11) is 1.86. The number of anilines is 2. The van der Waals surface area contributed by atoms with Crippen LogP contribution in [0, 0.1) is 0 Å². The molecule has 2 heterocycles. The van der Waals surface area contributed by atoms with Crippen molar-refractivity contribution in [1.82, 2.24) is 24.7 Å². The van der Waals surface area contributed by atoms with Crippen molar-refractivity contribution in [2.75, 3.05) is 10.7 Å². The summed E-state index contributed by atoms with van der Waals surface area (Å²) in [5.41, 5.74) is 3.40. The van der Waals surface area contributed by atoms with Crippen LogP contribution >= 0.6 is 0 Å². The number of aryl methyl sites for hydroxylation is 1. The quantitative estimate of drug-likeness (QED) is 0.510. The van der Waals surface area contributed by atoms with E-state index in [1.54, 1.807) is 10.9 Å². The Kier molecular flexibility index (Phi) is 4.31. The van der Waals surface area contributed by atoms with Gasteiger partial charge in [-0.3, -0.25) is 10.1 Å². The lowest BCUT2D eigenvalue weighted by molar-refractivity contribution is 0.222. The highest BCUT2D eigenvalue weighted by Crippen LogP contribution is 2.12. The molecule has 0 amide bonds. The zero-order valence-corrected chi connectivity index (χ0v) is 11.7. The van der Waals surface area contributed by atoms with Crippen LogP contribution in [0.5, 0.6) is 6.01 Å². The van der Waals surface area contributed by atoms with E-state index in [0.717, 1.165) is 5.56 Å². The average Bonchev–Trinajstić information content (AvgIpc) is 2.81. The van der Waals surface area contributed by atoms with Crippen molar-refractivity contribution < 1.29 is 4.74 Å². The molecule has 0 fully saturated rings. The van der Waals surface area contributed by atoms with E-state index in [1.165, 1.54) is 0 Å². The molecule has 108 valence electrons. The molecule has 9 nitrogen and oxygen atoms in total. The van der Waals surface area contributed by atoms with E-state index in [-0.39, 0.29) is 18.1 Å². The maximum atomic E-state index is 5.44. The summed E-state index contributed by atoms with van der Waals surface area (Å²) in [6, 6.07) is 0.219. The number of ether oxygens (including phenoxy) is 1. The Morgan fingerprint density at radius 1 is 1.30 bits per heavy atom. The molecule has 0 bridgehead atoms. The molecule has 0 aliphatic carbocycles. The molecule has 4 N–H and O–H groups in total. The predicted molar refractivity (Wildman–Crippen MR) is 73.9 cm³/mol. The summed E-state index contributed by atoms with van der Waals surface area (Å²) in [5.74, 6) is 5.95. The van der Waals surface area contributed by atoms with Crippen LogP contribution in [-0.2, 0) is 13.6 Å². The van der Waals surface area contributed by atoms with Crippen molar-refractivity contribution in [3.05, 3.63) is 18.0 Å². The van der Waals surface area contributed by atoms with Gasteiger partial charge in [-0.2, -0.15) is 20.1 Å². The molecule has 0 aliphatic rings. The van der Waals surface area contributed by atoms with E-state index in [2.05, 4.69) is 30.8 Å². The Labute approximate surface area is 116 Å². The Balaban J connectivity index is 2.09. The zero-order valence-electron chi connectivity index (χ0n) is 11.7. The van der Waals surface area contributed by atoms with Crippen LogP contribution in [0.15, 0.2) is 12.4 Å². The zero-order chi connectivity index (χ0) is 14.5. The minimum absolute atomic E-state index is 0.0332. The first-order valence-electron chi connectivity index (χ1n) is 6.17. The molecular formula is C11H18N8O. The Morgan fingerprint density at radius 2 is 2.05 bits per heavy atom. The second kappa shape index (κ2) is 6.15. The minimum Gasteiger partial charge on any atom is -0.461 e. The summed E-state index contributed by atoms with van der Waals surface area (Å²) >= 11 is 0. The Hall–Kier alpha value is -2.42. The highest BCUT2D eigenvalue weighted by molar-refractivity contribution is 5.35. The summed E-state index contributed by atoms with van der Waals surface area (Å²) in [5, 5.41) is 7.16. The maximum absolute atomic E-state index is 5.44. The second-order valence-electron chi connectivity index (χ2n) is 4.45. The van der Waals surface area contributed by atoms with Crippen LogP contribution in [0.2, 0.25) is 0 Å². The predicted octanol–water partition coefficient (Wildman–Crippen LogP) is 0.290. The monoisotopic (exact) mass is 278 g/mol. The van der Waals surface area contributed by atoms with Gasteiger partial charge in [-0.15, -0.1) is 0 Å². The van der Waals surface area contributed by atoms with Gasteiger partial charge in [0.25, 0.3) is 0 Å². The third-order valence-corrected chi connectivity index (χ3v) is 2.29. The van der Waals surface area contributed by atoms with Gasteiger partial charge in [0.15, 0.2) is 0 Å². The molecule has 0 aromatic carbocycles. The van der Waals surface area contributed by atoms with E-state index >= 15 is 0 Å². The number of nitrogen functional groups attached to an aromatic ring is 1. The van der Waals surface area contributed by atoms with Crippen LogP contribution in [0.25, 0.3) is 0 Å². The van der Waals surface area contributed by atoms with Crippen LogP contribution in [0.3, 0.4) is 0 Å². The fraction of sp³-hybridized carbons (Fsp3) is 0.455. The molecule has 2 aromatic rings. The molecule has 2 aromatic heterocycles. The third kappa shape index (κ3) is 3.79. The third-order valence-electron chi connectivity index (χ3n) is 2.29. The van der Waals surface area contributed by atoms with Gasteiger partial charge in [-0.25, -0.2) is 5.84 Å². The molecule has 2 rings (SSSR count). The molecule has 0 aliphatic heterocycles. The second-order valence-corrected chi connectivity index (χ2v) is 4.45. The van der Waals surface area contributed by atoms with Gasteiger partial charge in [0, 0.05) is 25.4 Å². The number of hydrazine groups is 1. The number of nitrogens with two attached hydrogens (primary N) is 1. The van der Waals surface area contributed by atoms with Crippen molar-refractivity contribution in [2.45, 2.75) is 26.5 Å². The molecule has 0 unspecified atom stereocenters. The topological polar surface area (TPSA) is 116 Å². The van der Waals surface area contributed by atoms with Gasteiger partial charge >= 0.3 is 6.01 Å². The van der Waals surface area contributed by atoms with Gasteiger partial charge in [0.05, 0.1) is 12.3 Å². The number of nitrogens with one attached hydrogen (secondary N) is 2. The average molecular weight is 278 g/mol. The van der Waals surface area contributed by atoms with Crippen molar-refractivity contribution in [3.63, 3.8) is 0 Å². The Morgan fingerprint density at radius 3 is 2.65 bits per heavy atom. The lowest BCUT2D eigenvalue weighted by Crippen LogP contribution is -2.16. The molecule has 9 heteroatoms. The lowest BCUT2D eigenvalue weighted by Gasteiger charge is -2.10. The molecule has 0 radical (unpaired) electrons. The van der Waals surface area contributed by atoms with E-state index in [9.17, 15) is 0 Å². The largest absolute Gasteiger partial charge is 0.461 e. The normalized spacial score (nSPS) is 10.7. The first-order chi connectivity index (χ1) is 9.56. The molecule has 0 saturated heterocycles. The van der Waals surface area contributed by atoms with E-state index < -0.39 is 0 Å². The first kappa shape index (κ1) is 14.0. The summed E-state index contributed by atoms with van der Waals surface area (Å²) in [6.07, 6.45) is 3.64. The maximum Gasteiger partial charge on any atom is 0.323 e. The summed E-state index contributed by atoms with van der Waals surface area (Å²) < 4.78 is 7.17. The number of rotatable bonds is 6. The van der Waals surface area contributed by atoms with E-state index in [4.69, 9.17) is 10.6 Å². The van der Waals surface area contributed by atoms with Crippen molar-refractivity contribution in [1.29, 1.82) is 0 Å². The molecular weight excluding hydrogens is 260 g/mol. The fourth-order valence-electron chi connectivity index (χ4n) is 1.51. The smallest absolute Gasteiger partial charge is 0.323 e. The van der Waals surface area contributed by atoms with Gasteiger partial charge in [-0.1, -0.05) is 0 Å². The van der Waals surface area contributed by atoms with Crippen molar-refractivity contribution in [3.8, 4) is 6.01 Å². The highest BCUT2D eigenvalue weighted by atomic mass is 16.5. The first-order valence-corrected chi connectivity index (χ1v) is 6.17. The van der Waals surface area contributed by atoms with Crippen LogP contribution < -0.4 is 21.3 Å². The lowest BCUT2D eigenvalue weighted by atomic mass is 10.4. The van der Waals surface area contributed by atoms with Crippen LogP contribution in [0.4, 0.5) is 11.9 Å². The fourth-order valence-corrected chi connectivity index (χ4v) is 1.51. The van der Waals surface area contributed by atoms with Crippen LogP contribution in [0.1, 0.15) is 19.4 Å². The number of aromatic nitrogens is 5. The van der Waals surface area contributed by atoms with Gasteiger partial charge in [0.2, 0.25) is 11.9 Å². The number of nitrogens with zero attached hydrogens (tertiary/aromatic N) is 5. The molecule has 20 heavy (non-hydrogen) atoms. The van der Waals surface area contributed by atoms with Crippen LogP contribution in [-0.4, -0.2) is 30.8 Å². The highest BCUT2D eigenvalue weighted by Gasteiger charge is 2.08. The SMILES string of the molecule is CC(C)Oc1nc(NN)nc(NCc2cnn(C)c2)n1. The Bertz CT molecular complexity index is 567. The summed E-state index contributed by atoms with van der Waals surface area (Å²) in [4.78, 5) is 12.3.